The first-order chi connectivity index (χ1) is 14.0. The summed E-state index contributed by atoms with van der Waals surface area (Å²) in [5.41, 5.74) is -0.863. The van der Waals surface area contributed by atoms with Gasteiger partial charge in [-0.1, -0.05) is 6.92 Å². The Kier molecular flexibility index (Phi) is 9.88. The molecule has 1 fully saturated rings. The van der Waals surface area contributed by atoms with Crippen LogP contribution in [0.2, 0.25) is 0 Å². The standard InChI is InChI=1S/C19H26F3N5OS.HI/c1-2-27-9-3-5-14(27)11-24-18(23-8-7-15-6-4-10-28-15)25-12-17-26-16(13-29-17)19(20,21)22;/h4,6,10,13-14H,2-3,5,7-9,11-12H2,1H3,(H2,23,24,25);1H. The fourth-order valence-electron chi connectivity index (χ4n) is 3.35. The summed E-state index contributed by atoms with van der Waals surface area (Å²) < 4.78 is 43.5. The smallest absolute Gasteiger partial charge is 0.434 e. The highest BCUT2D eigenvalue weighted by Crippen LogP contribution is 2.30. The molecule has 168 valence electrons. The van der Waals surface area contributed by atoms with Crippen LogP contribution in [-0.2, 0) is 19.1 Å². The topological polar surface area (TPSA) is 65.7 Å². The number of hydrogen-bond donors (Lipinski definition) is 2. The molecule has 0 radical (unpaired) electrons. The predicted molar refractivity (Wildman–Crippen MR) is 122 cm³/mol. The van der Waals surface area contributed by atoms with Crippen molar-refractivity contribution in [2.75, 3.05) is 26.2 Å². The van der Waals surface area contributed by atoms with E-state index in [2.05, 4.69) is 32.4 Å². The van der Waals surface area contributed by atoms with E-state index in [4.69, 9.17) is 4.42 Å². The molecule has 1 unspecified atom stereocenters. The summed E-state index contributed by atoms with van der Waals surface area (Å²) in [4.78, 5) is 10.5. The van der Waals surface area contributed by atoms with Crippen LogP contribution >= 0.6 is 35.3 Å². The van der Waals surface area contributed by atoms with Gasteiger partial charge in [-0.15, -0.1) is 35.3 Å². The van der Waals surface area contributed by atoms with E-state index < -0.39 is 11.9 Å². The molecule has 11 heteroatoms. The molecule has 0 aromatic carbocycles. The fraction of sp³-hybridized carbons (Fsp3) is 0.579. The van der Waals surface area contributed by atoms with Gasteiger partial charge in [0.2, 0.25) is 0 Å². The van der Waals surface area contributed by atoms with Crippen molar-refractivity contribution in [1.82, 2.24) is 20.5 Å². The first-order valence-electron chi connectivity index (χ1n) is 9.76. The third kappa shape index (κ3) is 7.41. The van der Waals surface area contributed by atoms with Gasteiger partial charge < -0.3 is 15.1 Å². The number of halogens is 4. The molecule has 2 aromatic heterocycles. The van der Waals surface area contributed by atoms with Crippen LogP contribution in [0, 0.1) is 0 Å². The summed E-state index contributed by atoms with van der Waals surface area (Å²) in [5.74, 6) is 1.43. The van der Waals surface area contributed by atoms with Crippen LogP contribution in [-0.4, -0.2) is 48.1 Å². The number of nitrogens with one attached hydrogen (secondary N) is 2. The van der Waals surface area contributed by atoms with Crippen LogP contribution in [0.25, 0.3) is 0 Å². The second-order valence-corrected chi connectivity index (χ2v) is 7.79. The lowest BCUT2D eigenvalue weighted by Crippen LogP contribution is -2.45. The number of likely N-dealkylation sites (tertiary alicyclic amines) is 1. The minimum atomic E-state index is -4.42. The monoisotopic (exact) mass is 557 g/mol. The van der Waals surface area contributed by atoms with Gasteiger partial charge in [0.25, 0.3) is 0 Å². The van der Waals surface area contributed by atoms with E-state index in [1.165, 1.54) is 6.42 Å². The lowest BCUT2D eigenvalue weighted by atomic mass is 10.2. The highest BCUT2D eigenvalue weighted by molar-refractivity contribution is 14.0. The summed E-state index contributed by atoms with van der Waals surface area (Å²) >= 11 is 0.971. The highest BCUT2D eigenvalue weighted by atomic mass is 127. The Morgan fingerprint density at radius 2 is 2.23 bits per heavy atom. The summed E-state index contributed by atoms with van der Waals surface area (Å²) in [6, 6.07) is 4.18. The molecule has 0 saturated carbocycles. The third-order valence-electron chi connectivity index (χ3n) is 4.87. The quantitative estimate of drug-likeness (QED) is 0.291. The molecule has 0 amide bonds. The molecule has 2 aromatic rings. The van der Waals surface area contributed by atoms with Crippen molar-refractivity contribution in [2.45, 2.75) is 44.9 Å². The number of guanidine groups is 1. The number of nitrogens with zero attached hydrogens (tertiary/aromatic N) is 3. The Morgan fingerprint density at radius 3 is 2.90 bits per heavy atom. The summed E-state index contributed by atoms with van der Waals surface area (Å²) in [6.45, 7) is 5.69. The average molecular weight is 557 g/mol. The van der Waals surface area contributed by atoms with Crippen LogP contribution in [0.1, 0.15) is 36.2 Å². The van der Waals surface area contributed by atoms with Crippen LogP contribution in [0.5, 0.6) is 0 Å². The van der Waals surface area contributed by atoms with Gasteiger partial charge in [-0.2, -0.15) is 13.2 Å². The number of furan rings is 1. The number of rotatable bonds is 8. The fourth-order valence-corrected chi connectivity index (χ4v) is 4.07. The molecule has 0 spiro atoms. The second-order valence-electron chi connectivity index (χ2n) is 6.85. The lowest BCUT2D eigenvalue weighted by Gasteiger charge is -2.24. The van der Waals surface area contributed by atoms with E-state index in [1.54, 1.807) is 6.26 Å². The van der Waals surface area contributed by atoms with Crippen molar-refractivity contribution in [2.24, 2.45) is 4.99 Å². The molecule has 3 heterocycles. The van der Waals surface area contributed by atoms with Gasteiger partial charge in [-0.05, 0) is 38.1 Å². The van der Waals surface area contributed by atoms with E-state index in [-0.39, 0.29) is 30.5 Å². The van der Waals surface area contributed by atoms with E-state index >= 15 is 0 Å². The molecule has 0 aliphatic carbocycles. The van der Waals surface area contributed by atoms with E-state index in [0.717, 1.165) is 48.5 Å². The molecule has 1 aliphatic rings. The lowest BCUT2D eigenvalue weighted by molar-refractivity contribution is -0.140. The highest BCUT2D eigenvalue weighted by Gasteiger charge is 2.33. The first kappa shape index (κ1) is 24.9. The normalized spacial score (nSPS) is 17.7. The minimum absolute atomic E-state index is 0. The van der Waals surface area contributed by atoms with Crippen molar-refractivity contribution in [3.63, 3.8) is 0 Å². The van der Waals surface area contributed by atoms with Gasteiger partial charge in [-0.3, -0.25) is 4.90 Å². The molecule has 1 atom stereocenters. The van der Waals surface area contributed by atoms with Crippen molar-refractivity contribution in [3.05, 3.63) is 40.2 Å². The van der Waals surface area contributed by atoms with Crippen LogP contribution in [0.15, 0.2) is 33.2 Å². The van der Waals surface area contributed by atoms with Crippen LogP contribution < -0.4 is 10.6 Å². The largest absolute Gasteiger partial charge is 0.469 e. The SMILES string of the molecule is CCN1CCCC1CNC(=NCc1nc(C(F)(F)F)cs1)NCCc1ccco1.I. The number of hydrogen-bond acceptors (Lipinski definition) is 5. The first-order valence-corrected chi connectivity index (χ1v) is 10.6. The van der Waals surface area contributed by atoms with Crippen LogP contribution in [0.4, 0.5) is 13.2 Å². The Hall–Kier alpha value is -1.34. The van der Waals surface area contributed by atoms with Gasteiger partial charge in [-0.25, -0.2) is 9.98 Å². The summed E-state index contributed by atoms with van der Waals surface area (Å²) in [7, 11) is 0. The molecular weight excluding hydrogens is 530 g/mol. The zero-order chi connectivity index (χ0) is 20.7. The van der Waals surface area contributed by atoms with Gasteiger partial charge in [0, 0.05) is 30.9 Å². The maximum Gasteiger partial charge on any atom is 0.434 e. The Balaban J connectivity index is 0.00000320. The van der Waals surface area contributed by atoms with Crippen molar-refractivity contribution >= 4 is 41.3 Å². The van der Waals surface area contributed by atoms with E-state index in [0.29, 0.717) is 30.0 Å². The van der Waals surface area contributed by atoms with Gasteiger partial charge in [0.1, 0.15) is 10.8 Å². The molecular formula is C19H27F3IN5OS. The van der Waals surface area contributed by atoms with E-state index in [1.807, 2.05) is 12.1 Å². The van der Waals surface area contributed by atoms with Crippen LogP contribution in [0.3, 0.4) is 0 Å². The number of thiazole rings is 1. The molecule has 1 aliphatic heterocycles. The Morgan fingerprint density at radius 1 is 1.40 bits per heavy atom. The number of aromatic nitrogens is 1. The van der Waals surface area contributed by atoms with Crippen molar-refractivity contribution in [3.8, 4) is 0 Å². The Bertz CT molecular complexity index is 781. The van der Waals surface area contributed by atoms with Gasteiger partial charge in [0.05, 0.1) is 12.8 Å². The zero-order valence-corrected chi connectivity index (χ0v) is 19.9. The van der Waals surface area contributed by atoms with Gasteiger partial charge >= 0.3 is 6.18 Å². The molecule has 0 bridgehead atoms. The second kappa shape index (κ2) is 11.9. The number of aliphatic imine (C=N–C) groups is 1. The molecule has 3 rings (SSSR count). The molecule has 30 heavy (non-hydrogen) atoms. The zero-order valence-electron chi connectivity index (χ0n) is 16.7. The summed E-state index contributed by atoms with van der Waals surface area (Å²) in [5, 5.41) is 7.93. The van der Waals surface area contributed by atoms with Crippen molar-refractivity contribution < 1.29 is 17.6 Å². The number of likely N-dealkylation sites (N-methyl/N-ethyl adjacent to an activating group) is 1. The maximum absolute atomic E-state index is 12.7. The molecule has 6 nitrogen and oxygen atoms in total. The molecule has 1 saturated heterocycles. The van der Waals surface area contributed by atoms with Gasteiger partial charge in [0.15, 0.2) is 11.7 Å². The predicted octanol–water partition coefficient (Wildman–Crippen LogP) is 4.14. The number of alkyl halides is 3. The maximum atomic E-state index is 12.7. The third-order valence-corrected chi connectivity index (χ3v) is 5.70. The average Bonchev–Trinajstić information content (AvgIpc) is 3.44. The van der Waals surface area contributed by atoms with E-state index in [9.17, 15) is 13.2 Å². The minimum Gasteiger partial charge on any atom is -0.469 e. The Labute approximate surface area is 195 Å². The molecule has 2 N–H and O–H groups in total. The summed E-state index contributed by atoms with van der Waals surface area (Å²) in [6.07, 6.45) is 0.198. The van der Waals surface area contributed by atoms with Crippen molar-refractivity contribution in [1.29, 1.82) is 0 Å².